The summed E-state index contributed by atoms with van der Waals surface area (Å²) in [6.07, 6.45) is -5.91. The smallest absolute Gasteiger partial charge is 0.362 e. The standard InChI is InChI=1S/C18H14BrF3N2O2/c1-11-4-2-6-13(8-11)16(25)24-17(26,18(20,21)22)10-15(23-24)12-5-3-7-14(19)9-12/h2-9,26H,10H2,1H3/t17-/m0/s1. The van der Waals surface area contributed by atoms with E-state index in [9.17, 15) is 23.1 Å². The largest absolute Gasteiger partial charge is 0.438 e. The van der Waals surface area contributed by atoms with Gasteiger partial charge in [0.25, 0.3) is 11.6 Å². The molecule has 0 unspecified atom stereocenters. The summed E-state index contributed by atoms with van der Waals surface area (Å²) in [6.45, 7) is 1.72. The molecule has 136 valence electrons. The second-order valence-corrected chi connectivity index (χ2v) is 6.95. The maximum atomic E-state index is 13.6. The Labute approximate surface area is 156 Å². The van der Waals surface area contributed by atoms with Crippen LogP contribution in [0.2, 0.25) is 0 Å². The molecule has 1 heterocycles. The third-order valence-electron chi connectivity index (χ3n) is 4.05. The number of halogens is 4. The van der Waals surface area contributed by atoms with E-state index >= 15 is 0 Å². The van der Waals surface area contributed by atoms with Gasteiger partial charge >= 0.3 is 6.18 Å². The molecule has 0 saturated carbocycles. The average molecular weight is 427 g/mol. The van der Waals surface area contributed by atoms with Crippen molar-refractivity contribution in [3.63, 3.8) is 0 Å². The Balaban J connectivity index is 2.07. The second-order valence-electron chi connectivity index (χ2n) is 6.03. The Morgan fingerprint density at radius 2 is 1.92 bits per heavy atom. The highest BCUT2D eigenvalue weighted by molar-refractivity contribution is 9.10. The van der Waals surface area contributed by atoms with Crippen molar-refractivity contribution in [2.24, 2.45) is 5.10 Å². The van der Waals surface area contributed by atoms with Crippen LogP contribution < -0.4 is 0 Å². The summed E-state index contributed by atoms with van der Waals surface area (Å²) in [5.74, 6) is -1.02. The van der Waals surface area contributed by atoms with E-state index in [1.54, 1.807) is 43.3 Å². The zero-order valence-electron chi connectivity index (χ0n) is 13.6. The molecule has 2 aromatic rings. The fourth-order valence-corrected chi connectivity index (χ4v) is 3.11. The Kier molecular flexibility index (Phi) is 4.66. The van der Waals surface area contributed by atoms with E-state index in [0.717, 1.165) is 0 Å². The molecule has 26 heavy (non-hydrogen) atoms. The Hall–Kier alpha value is -2.19. The number of benzene rings is 2. The lowest BCUT2D eigenvalue weighted by atomic mass is 10.0. The maximum absolute atomic E-state index is 13.6. The fourth-order valence-electron chi connectivity index (χ4n) is 2.71. The molecule has 1 atom stereocenters. The number of carbonyl (C=O) groups is 1. The van der Waals surface area contributed by atoms with Gasteiger partial charge in [-0.3, -0.25) is 4.79 Å². The van der Waals surface area contributed by atoms with Crippen molar-refractivity contribution >= 4 is 27.5 Å². The van der Waals surface area contributed by atoms with E-state index in [2.05, 4.69) is 21.0 Å². The monoisotopic (exact) mass is 426 g/mol. The van der Waals surface area contributed by atoms with Crippen LogP contribution in [-0.4, -0.2) is 33.6 Å². The molecule has 3 rings (SSSR count). The lowest BCUT2D eigenvalue weighted by molar-refractivity contribution is -0.297. The van der Waals surface area contributed by atoms with Gasteiger partial charge in [0, 0.05) is 10.0 Å². The van der Waals surface area contributed by atoms with Crippen LogP contribution in [0.3, 0.4) is 0 Å². The molecule has 1 amide bonds. The normalized spacial score (nSPS) is 20.2. The molecular formula is C18H14BrF3N2O2. The highest BCUT2D eigenvalue weighted by atomic mass is 79.9. The molecule has 0 aliphatic carbocycles. The molecule has 8 heteroatoms. The molecule has 2 aromatic carbocycles. The Morgan fingerprint density at radius 1 is 1.23 bits per heavy atom. The molecule has 4 nitrogen and oxygen atoms in total. The van der Waals surface area contributed by atoms with Crippen LogP contribution in [0, 0.1) is 6.92 Å². The Bertz CT molecular complexity index is 898. The van der Waals surface area contributed by atoms with E-state index in [1.165, 1.54) is 12.1 Å². The van der Waals surface area contributed by atoms with Crippen LogP contribution >= 0.6 is 15.9 Å². The van der Waals surface area contributed by atoms with Gasteiger partial charge in [0.05, 0.1) is 12.1 Å². The zero-order chi connectivity index (χ0) is 19.1. The number of carbonyl (C=O) groups excluding carboxylic acids is 1. The SMILES string of the molecule is Cc1cccc(C(=O)N2N=C(c3cccc(Br)c3)C[C@]2(O)C(F)(F)F)c1. The van der Waals surface area contributed by atoms with Crippen LogP contribution in [0.1, 0.15) is 27.9 Å². The lowest BCUT2D eigenvalue weighted by Crippen LogP contribution is -2.56. The Morgan fingerprint density at radius 3 is 2.54 bits per heavy atom. The summed E-state index contributed by atoms with van der Waals surface area (Å²) in [5.41, 5.74) is -2.30. The van der Waals surface area contributed by atoms with Gasteiger partial charge in [0.2, 0.25) is 0 Å². The number of hydrogen-bond donors (Lipinski definition) is 1. The number of aliphatic hydroxyl groups is 1. The molecule has 0 radical (unpaired) electrons. The van der Waals surface area contributed by atoms with E-state index in [0.29, 0.717) is 15.6 Å². The molecule has 0 bridgehead atoms. The van der Waals surface area contributed by atoms with Gasteiger partial charge in [0.15, 0.2) is 0 Å². The summed E-state index contributed by atoms with van der Waals surface area (Å²) in [4.78, 5) is 12.7. The van der Waals surface area contributed by atoms with Crippen molar-refractivity contribution < 1.29 is 23.1 Å². The van der Waals surface area contributed by atoms with Gasteiger partial charge in [-0.25, -0.2) is 0 Å². The van der Waals surface area contributed by atoms with E-state index in [-0.39, 0.29) is 16.3 Å². The minimum atomic E-state index is -5.07. The first-order valence-corrected chi connectivity index (χ1v) is 8.45. The quantitative estimate of drug-likeness (QED) is 0.779. The first kappa shape index (κ1) is 18.6. The highest BCUT2D eigenvalue weighted by Crippen LogP contribution is 2.42. The molecular weight excluding hydrogens is 413 g/mol. The summed E-state index contributed by atoms with van der Waals surface area (Å²) in [5, 5.41) is 14.3. The van der Waals surface area contributed by atoms with Gasteiger partial charge in [-0.1, -0.05) is 45.8 Å². The van der Waals surface area contributed by atoms with Crippen molar-refractivity contribution in [1.82, 2.24) is 5.01 Å². The topological polar surface area (TPSA) is 52.9 Å². The lowest BCUT2D eigenvalue weighted by Gasteiger charge is -2.32. The molecule has 0 aromatic heterocycles. The van der Waals surface area contributed by atoms with Gasteiger partial charge in [-0.05, 0) is 36.8 Å². The first-order valence-electron chi connectivity index (χ1n) is 7.65. The molecule has 1 N–H and O–H groups in total. The predicted molar refractivity (Wildman–Crippen MR) is 93.6 cm³/mol. The third kappa shape index (κ3) is 3.26. The van der Waals surface area contributed by atoms with Crippen molar-refractivity contribution in [3.05, 3.63) is 69.7 Å². The maximum Gasteiger partial charge on any atom is 0.438 e. The van der Waals surface area contributed by atoms with E-state index < -0.39 is 24.2 Å². The minimum Gasteiger partial charge on any atom is -0.362 e. The summed E-state index contributed by atoms with van der Waals surface area (Å²) in [6, 6.07) is 12.6. The summed E-state index contributed by atoms with van der Waals surface area (Å²) < 4.78 is 41.4. The fraction of sp³-hybridized carbons (Fsp3) is 0.222. The summed E-state index contributed by atoms with van der Waals surface area (Å²) >= 11 is 3.25. The number of aryl methyl sites for hydroxylation is 1. The van der Waals surface area contributed by atoms with Crippen LogP contribution in [0.4, 0.5) is 13.2 Å². The van der Waals surface area contributed by atoms with Gasteiger partial charge in [-0.2, -0.15) is 23.3 Å². The van der Waals surface area contributed by atoms with Crippen molar-refractivity contribution in [2.45, 2.75) is 25.2 Å². The number of hydrazone groups is 1. The number of amides is 1. The van der Waals surface area contributed by atoms with Gasteiger partial charge in [0.1, 0.15) is 0 Å². The van der Waals surface area contributed by atoms with Crippen LogP contribution in [-0.2, 0) is 0 Å². The minimum absolute atomic E-state index is 0.0203. The third-order valence-corrected chi connectivity index (χ3v) is 4.55. The highest BCUT2D eigenvalue weighted by Gasteiger charge is 2.63. The van der Waals surface area contributed by atoms with Gasteiger partial charge < -0.3 is 5.11 Å². The van der Waals surface area contributed by atoms with Crippen molar-refractivity contribution in [1.29, 1.82) is 0 Å². The van der Waals surface area contributed by atoms with E-state index in [4.69, 9.17) is 0 Å². The number of alkyl halides is 3. The molecule has 1 aliphatic rings. The average Bonchev–Trinajstić information content (AvgIpc) is 2.93. The van der Waals surface area contributed by atoms with Crippen LogP contribution in [0.5, 0.6) is 0 Å². The zero-order valence-corrected chi connectivity index (χ0v) is 15.2. The molecule has 0 spiro atoms. The predicted octanol–water partition coefficient (Wildman–Crippen LogP) is 4.26. The van der Waals surface area contributed by atoms with Crippen molar-refractivity contribution in [2.75, 3.05) is 0 Å². The van der Waals surface area contributed by atoms with Crippen molar-refractivity contribution in [3.8, 4) is 0 Å². The first-order chi connectivity index (χ1) is 12.1. The second kappa shape index (κ2) is 6.51. The molecule has 1 aliphatic heterocycles. The molecule has 0 saturated heterocycles. The molecule has 0 fully saturated rings. The number of rotatable bonds is 2. The number of hydrogen-bond acceptors (Lipinski definition) is 3. The van der Waals surface area contributed by atoms with Gasteiger partial charge in [-0.15, -0.1) is 0 Å². The number of nitrogens with zero attached hydrogens (tertiary/aromatic N) is 2. The van der Waals surface area contributed by atoms with Crippen LogP contribution in [0.15, 0.2) is 58.1 Å². The van der Waals surface area contributed by atoms with E-state index in [1.807, 2.05) is 0 Å². The van der Waals surface area contributed by atoms with Crippen LogP contribution in [0.25, 0.3) is 0 Å². The summed E-state index contributed by atoms with van der Waals surface area (Å²) in [7, 11) is 0.